The molecule has 2 rings (SSSR count). The molecule has 2 aromatic heterocycles. The van der Waals surface area contributed by atoms with Gasteiger partial charge in [0.1, 0.15) is 0 Å². The zero-order valence-electron chi connectivity index (χ0n) is 6.15. The first-order valence-electron chi connectivity index (χ1n) is 3.32. The molecule has 2 aromatic rings. The van der Waals surface area contributed by atoms with E-state index in [1.165, 1.54) is 6.07 Å². The zero-order chi connectivity index (χ0) is 9.47. The molecule has 7 heteroatoms. The molecule has 0 aliphatic heterocycles. The Kier molecular flexibility index (Phi) is 1.48. The van der Waals surface area contributed by atoms with Gasteiger partial charge >= 0.3 is 6.18 Å². The van der Waals surface area contributed by atoms with Gasteiger partial charge in [0.15, 0.2) is 5.65 Å². The van der Waals surface area contributed by atoms with Gasteiger partial charge in [-0.05, 0) is 22.6 Å². The minimum Gasteiger partial charge on any atom is -0.200 e. The van der Waals surface area contributed by atoms with Crippen molar-refractivity contribution in [3.8, 4) is 0 Å². The number of rotatable bonds is 0. The Morgan fingerprint density at radius 1 is 1.23 bits per heavy atom. The second-order valence-corrected chi connectivity index (χ2v) is 2.40. The van der Waals surface area contributed by atoms with E-state index < -0.39 is 11.7 Å². The van der Waals surface area contributed by atoms with E-state index in [1.54, 1.807) is 0 Å². The molecule has 0 saturated heterocycles. The quantitative estimate of drug-likeness (QED) is 0.622. The van der Waals surface area contributed by atoms with Crippen LogP contribution in [-0.4, -0.2) is 20.0 Å². The van der Waals surface area contributed by atoms with Crippen LogP contribution in [0.15, 0.2) is 18.3 Å². The van der Waals surface area contributed by atoms with E-state index in [0.29, 0.717) is 0 Å². The Hall–Kier alpha value is -1.66. The van der Waals surface area contributed by atoms with Crippen LogP contribution in [-0.2, 0) is 6.18 Å². The van der Waals surface area contributed by atoms with Crippen LogP contribution in [0.2, 0.25) is 0 Å². The summed E-state index contributed by atoms with van der Waals surface area (Å²) in [4.78, 5) is 0. The number of aromatic nitrogens is 4. The fraction of sp³-hybridized carbons (Fsp3) is 0.167. The van der Waals surface area contributed by atoms with Gasteiger partial charge in [0.05, 0.1) is 5.56 Å². The SMILES string of the molecule is FC(F)(F)c1ccc2nnnn2c1. The smallest absolute Gasteiger partial charge is 0.200 e. The number of hydrogen-bond acceptors (Lipinski definition) is 3. The van der Waals surface area contributed by atoms with Crippen LogP contribution in [0, 0.1) is 0 Å². The fourth-order valence-corrected chi connectivity index (χ4v) is 0.909. The monoisotopic (exact) mass is 188 g/mol. The van der Waals surface area contributed by atoms with Gasteiger partial charge in [0, 0.05) is 6.20 Å². The van der Waals surface area contributed by atoms with E-state index in [9.17, 15) is 13.2 Å². The molecule has 0 bridgehead atoms. The Bertz CT molecular complexity index is 433. The Balaban J connectivity index is 2.61. The molecule has 0 aromatic carbocycles. The number of fused-ring (bicyclic) bond motifs is 1. The number of alkyl halides is 3. The third-order valence-corrected chi connectivity index (χ3v) is 1.52. The normalized spacial score (nSPS) is 12.2. The third kappa shape index (κ3) is 1.32. The highest BCUT2D eigenvalue weighted by Crippen LogP contribution is 2.28. The maximum atomic E-state index is 12.1. The Morgan fingerprint density at radius 3 is 2.69 bits per heavy atom. The van der Waals surface area contributed by atoms with Crippen molar-refractivity contribution in [2.24, 2.45) is 0 Å². The van der Waals surface area contributed by atoms with Crippen molar-refractivity contribution in [2.75, 3.05) is 0 Å². The number of pyridine rings is 1. The van der Waals surface area contributed by atoms with Gasteiger partial charge in [-0.2, -0.15) is 13.2 Å². The van der Waals surface area contributed by atoms with Crippen molar-refractivity contribution in [3.05, 3.63) is 23.9 Å². The van der Waals surface area contributed by atoms with Crippen LogP contribution in [0.1, 0.15) is 5.56 Å². The summed E-state index contributed by atoms with van der Waals surface area (Å²) >= 11 is 0. The molecule has 0 atom stereocenters. The molecule has 0 amide bonds. The molecule has 0 aliphatic rings. The van der Waals surface area contributed by atoms with Crippen molar-refractivity contribution in [1.82, 2.24) is 20.0 Å². The molecular formula is C6H3F3N4. The van der Waals surface area contributed by atoms with Crippen LogP contribution in [0.5, 0.6) is 0 Å². The van der Waals surface area contributed by atoms with E-state index in [-0.39, 0.29) is 5.65 Å². The first kappa shape index (κ1) is 7.96. The van der Waals surface area contributed by atoms with E-state index in [4.69, 9.17) is 0 Å². The van der Waals surface area contributed by atoms with Gasteiger partial charge in [-0.3, -0.25) is 0 Å². The fourth-order valence-electron chi connectivity index (χ4n) is 0.909. The van der Waals surface area contributed by atoms with Gasteiger partial charge in [0.2, 0.25) is 0 Å². The lowest BCUT2D eigenvalue weighted by molar-refractivity contribution is -0.137. The summed E-state index contributed by atoms with van der Waals surface area (Å²) in [5.41, 5.74) is -0.486. The number of halogens is 3. The lowest BCUT2D eigenvalue weighted by Gasteiger charge is -2.04. The molecule has 0 saturated carbocycles. The van der Waals surface area contributed by atoms with Gasteiger partial charge in [-0.25, -0.2) is 4.52 Å². The number of tetrazole rings is 1. The first-order chi connectivity index (χ1) is 6.07. The largest absolute Gasteiger partial charge is 0.417 e. The standard InChI is InChI=1S/C6H3F3N4/c7-6(8,9)4-1-2-5-10-11-12-13(5)3-4/h1-3H. The summed E-state index contributed by atoms with van der Waals surface area (Å²) in [6.45, 7) is 0. The highest BCUT2D eigenvalue weighted by Gasteiger charge is 2.30. The maximum Gasteiger partial charge on any atom is 0.417 e. The summed E-state index contributed by atoms with van der Waals surface area (Å²) in [5.74, 6) is 0. The molecule has 0 spiro atoms. The van der Waals surface area contributed by atoms with Gasteiger partial charge in [0.25, 0.3) is 0 Å². The molecule has 4 nitrogen and oxygen atoms in total. The number of hydrogen-bond donors (Lipinski definition) is 0. The van der Waals surface area contributed by atoms with Crippen LogP contribution < -0.4 is 0 Å². The lowest BCUT2D eigenvalue weighted by atomic mass is 10.3. The molecule has 0 unspecified atom stereocenters. The summed E-state index contributed by atoms with van der Waals surface area (Å²) < 4.78 is 37.4. The second kappa shape index (κ2) is 2.41. The summed E-state index contributed by atoms with van der Waals surface area (Å²) in [6, 6.07) is 2.15. The summed E-state index contributed by atoms with van der Waals surface area (Å²) in [6.07, 6.45) is -3.52. The van der Waals surface area contributed by atoms with Crippen LogP contribution in [0.3, 0.4) is 0 Å². The van der Waals surface area contributed by atoms with Crippen molar-refractivity contribution in [1.29, 1.82) is 0 Å². The van der Waals surface area contributed by atoms with Crippen LogP contribution in [0.4, 0.5) is 13.2 Å². The average molecular weight is 188 g/mol. The van der Waals surface area contributed by atoms with Gasteiger partial charge < -0.3 is 0 Å². The van der Waals surface area contributed by atoms with E-state index >= 15 is 0 Å². The highest BCUT2D eigenvalue weighted by molar-refractivity contribution is 5.36. The topological polar surface area (TPSA) is 43.1 Å². The third-order valence-electron chi connectivity index (χ3n) is 1.52. The average Bonchev–Trinajstić information content (AvgIpc) is 2.47. The predicted octanol–water partition coefficient (Wildman–Crippen LogP) is 1.14. The molecule has 13 heavy (non-hydrogen) atoms. The molecule has 68 valence electrons. The second-order valence-electron chi connectivity index (χ2n) is 2.40. The Labute approximate surface area is 70.0 Å². The Morgan fingerprint density at radius 2 is 2.00 bits per heavy atom. The van der Waals surface area contributed by atoms with E-state index in [2.05, 4.69) is 15.5 Å². The van der Waals surface area contributed by atoms with Crippen molar-refractivity contribution in [3.63, 3.8) is 0 Å². The molecule has 0 N–H and O–H groups in total. The van der Waals surface area contributed by atoms with Crippen LogP contribution >= 0.6 is 0 Å². The minimum atomic E-state index is -4.36. The van der Waals surface area contributed by atoms with Crippen molar-refractivity contribution in [2.45, 2.75) is 6.18 Å². The number of nitrogens with zero attached hydrogens (tertiary/aromatic N) is 4. The molecule has 0 radical (unpaired) electrons. The summed E-state index contributed by atoms with van der Waals surface area (Å²) in [7, 11) is 0. The van der Waals surface area contributed by atoms with Crippen molar-refractivity contribution >= 4 is 5.65 Å². The molecule has 0 fully saturated rings. The summed E-state index contributed by atoms with van der Waals surface area (Å²) in [5, 5.41) is 10.0. The zero-order valence-corrected chi connectivity index (χ0v) is 6.15. The molecule has 0 aliphatic carbocycles. The van der Waals surface area contributed by atoms with Crippen LogP contribution in [0.25, 0.3) is 5.65 Å². The van der Waals surface area contributed by atoms with Gasteiger partial charge in [-0.15, -0.1) is 5.10 Å². The van der Waals surface area contributed by atoms with Gasteiger partial charge in [-0.1, -0.05) is 0 Å². The highest BCUT2D eigenvalue weighted by atomic mass is 19.4. The molecule has 2 heterocycles. The molecular weight excluding hydrogens is 185 g/mol. The maximum absolute atomic E-state index is 12.1. The lowest BCUT2D eigenvalue weighted by Crippen LogP contribution is -2.06. The predicted molar refractivity (Wildman–Crippen MR) is 35.8 cm³/mol. The van der Waals surface area contributed by atoms with Crippen molar-refractivity contribution < 1.29 is 13.2 Å². The van der Waals surface area contributed by atoms with E-state index in [1.807, 2.05) is 0 Å². The van der Waals surface area contributed by atoms with E-state index in [0.717, 1.165) is 16.8 Å². The minimum absolute atomic E-state index is 0.285. The first-order valence-corrected chi connectivity index (χ1v) is 3.32.